The highest BCUT2D eigenvalue weighted by Gasteiger charge is 2.50. The number of ether oxygens (including phenoxy) is 2. The van der Waals surface area contributed by atoms with E-state index in [-0.39, 0.29) is 17.7 Å². The van der Waals surface area contributed by atoms with E-state index >= 15 is 0 Å². The van der Waals surface area contributed by atoms with Crippen LogP contribution in [0.25, 0.3) is 0 Å². The third kappa shape index (κ3) is 5.95. The molecule has 4 rings (SSSR count). The molecule has 5 nitrogen and oxygen atoms in total. The first-order valence-corrected chi connectivity index (χ1v) is 14.4. The van der Waals surface area contributed by atoms with Crippen molar-refractivity contribution in [1.82, 2.24) is 0 Å². The van der Waals surface area contributed by atoms with E-state index < -0.39 is 14.1 Å². The minimum absolute atomic E-state index is 0.141. The molecule has 1 heterocycles. The van der Waals surface area contributed by atoms with Gasteiger partial charge in [-0.2, -0.15) is 0 Å². The average Bonchev–Trinajstić information content (AvgIpc) is 3.24. The number of oxime groups is 1. The summed E-state index contributed by atoms with van der Waals surface area (Å²) in [6, 6.07) is 31.2. The smallest absolute Gasteiger partial charge is 0.261 e. The van der Waals surface area contributed by atoms with E-state index in [9.17, 15) is 0 Å². The largest absolute Gasteiger partial charge is 0.402 e. The summed E-state index contributed by atoms with van der Waals surface area (Å²) in [5, 5.41) is 6.85. The predicted octanol–water partition coefficient (Wildman–Crippen LogP) is 5.29. The van der Waals surface area contributed by atoms with Crippen LogP contribution < -0.4 is 10.4 Å². The van der Waals surface area contributed by atoms with Gasteiger partial charge in [-0.3, -0.25) is 0 Å². The van der Waals surface area contributed by atoms with Crippen LogP contribution in [0.2, 0.25) is 5.04 Å². The Balaban J connectivity index is 1.68. The summed E-state index contributed by atoms with van der Waals surface area (Å²) in [4.78, 5) is 5.81. The summed E-state index contributed by atoms with van der Waals surface area (Å²) < 4.78 is 19.1. The van der Waals surface area contributed by atoms with E-state index in [1.54, 1.807) is 0 Å². The number of nitrogens with zero attached hydrogens (tertiary/aromatic N) is 1. The Labute approximate surface area is 216 Å². The average molecular weight is 504 g/mol. The fraction of sp³-hybridized carbons (Fsp3) is 0.367. The highest BCUT2D eigenvalue weighted by Crippen LogP contribution is 2.37. The van der Waals surface area contributed by atoms with E-state index in [2.05, 4.69) is 74.5 Å². The van der Waals surface area contributed by atoms with Crippen LogP contribution in [0.3, 0.4) is 0 Å². The lowest BCUT2D eigenvalue weighted by Gasteiger charge is -2.43. The lowest BCUT2D eigenvalue weighted by Crippen LogP contribution is -2.67. The van der Waals surface area contributed by atoms with Crippen LogP contribution in [0.5, 0.6) is 0 Å². The zero-order chi connectivity index (χ0) is 25.7. The monoisotopic (exact) mass is 503 g/mol. The lowest BCUT2D eigenvalue weighted by molar-refractivity contribution is -0.131. The van der Waals surface area contributed by atoms with Gasteiger partial charge in [-0.05, 0) is 34.8 Å². The van der Waals surface area contributed by atoms with E-state index in [1.807, 2.05) is 56.3 Å². The minimum atomic E-state index is -2.73. The lowest BCUT2D eigenvalue weighted by atomic mass is 10.2. The molecule has 1 atom stereocenters. The van der Waals surface area contributed by atoms with Crippen molar-refractivity contribution in [3.63, 3.8) is 0 Å². The molecule has 1 aliphatic rings. The van der Waals surface area contributed by atoms with Crippen molar-refractivity contribution in [3.8, 4) is 0 Å². The normalized spacial score (nSPS) is 18.2. The van der Waals surface area contributed by atoms with Crippen LogP contribution in [-0.4, -0.2) is 39.1 Å². The van der Waals surface area contributed by atoms with Crippen molar-refractivity contribution < 1.29 is 18.7 Å². The summed E-state index contributed by atoms with van der Waals surface area (Å²) >= 11 is 0. The molecule has 1 fully saturated rings. The third-order valence-corrected chi connectivity index (χ3v) is 11.5. The Morgan fingerprint density at radius 2 is 1.42 bits per heavy atom. The van der Waals surface area contributed by atoms with E-state index in [1.165, 1.54) is 10.4 Å². The molecule has 0 aliphatic carbocycles. The molecule has 3 aromatic carbocycles. The fourth-order valence-electron chi connectivity index (χ4n) is 4.74. The molecule has 1 aliphatic heterocycles. The standard InChI is InChI=1S/C30H37NO4Si/c1-29(2,3)36(25-17-11-7-12-18-25,26-19-13-8-14-20-26)34-22-27(28-23-32-30(4,5)35-28)31-33-21-24-15-9-6-10-16-24/h6-20,28H,21-23H2,1-5H3/b31-27+/t28-/m0/s1. The number of rotatable bonds is 9. The summed E-state index contributed by atoms with van der Waals surface area (Å²) in [6.07, 6.45) is -0.339. The SMILES string of the molecule is CC1(C)OC[C@@H](/C(CO[Si](c2ccccc2)(c2ccccc2)C(C)(C)C)=N/OCc2ccccc2)O1. The van der Waals surface area contributed by atoms with Crippen molar-refractivity contribution in [3.05, 3.63) is 96.6 Å². The van der Waals surface area contributed by atoms with Crippen molar-refractivity contribution in [2.45, 2.75) is 58.2 Å². The zero-order valence-corrected chi connectivity index (χ0v) is 22.9. The molecular formula is C30H37NO4Si. The van der Waals surface area contributed by atoms with Gasteiger partial charge in [0.15, 0.2) is 5.79 Å². The molecule has 1 saturated heterocycles. The van der Waals surface area contributed by atoms with Gasteiger partial charge in [0.05, 0.1) is 13.2 Å². The summed E-state index contributed by atoms with van der Waals surface area (Å²) in [5.41, 5.74) is 1.75. The molecule has 190 valence electrons. The quantitative estimate of drug-likeness (QED) is 0.226. The summed E-state index contributed by atoms with van der Waals surface area (Å²) in [5.74, 6) is -0.678. The fourth-order valence-corrected chi connectivity index (χ4v) is 9.26. The van der Waals surface area contributed by atoms with Crippen LogP contribution in [0, 0.1) is 0 Å². The van der Waals surface area contributed by atoms with Gasteiger partial charge in [-0.25, -0.2) is 0 Å². The Morgan fingerprint density at radius 1 is 0.889 bits per heavy atom. The number of hydrogen-bond acceptors (Lipinski definition) is 5. The number of hydrogen-bond donors (Lipinski definition) is 0. The topological polar surface area (TPSA) is 49.3 Å². The molecule has 0 N–H and O–H groups in total. The second-order valence-corrected chi connectivity index (χ2v) is 14.9. The summed E-state index contributed by atoms with van der Waals surface area (Å²) in [6.45, 7) is 11.7. The first-order valence-electron chi connectivity index (χ1n) is 12.5. The van der Waals surface area contributed by atoms with Crippen LogP contribution in [0.4, 0.5) is 0 Å². The maximum absolute atomic E-state index is 7.10. The van der Waals surface area contributed by atoms with Crippen LogP contribution in [-0.2, 0) is 25.3 Å². The molecule has 0 radical (unpaired) electrons. The van der Waals surface area contributed by atoms with Gasteiger partial charge in [0.1, 0.15) is 18.4 Å². The third-order valence-electron chi connectivity index (χ3n) is 6.49. The molecule has 6 heteroatoms. The highest BCUT2D eigenvalue weighted by molar-refractivity contribution is 6.99. The molecule has 0 aromatic heterocycles. The molecule has 36 heavy (non-hydrogen) atoms. The maximum Gasteiger partial charge on any atom is 0.261 e. The van der Waals surface area contributed by atoms with Gasteiger partial charge in [-0.15, -0.1) is 0 Å². The molecule has 0 spiro atoms. The second-order valence-electron chi connectivity index (χ2n) is 10.6. The van der Waals surface area contributed by atoms with E-state index in [4.69, 9.17) is 18.7 Å². The first-order chi connectivity index (χ1) is 17.2. The van der Waals surface area contributed by atoms with Crippen molar-refractivity contribution >= 4 is 24.4 Å². The van der Waals surface area contributed by atoms with E-state index in [0.717, 1.165) is 5.56 Å². The Morgan fingerprint density at radius 3 is 1.89 bits per heavy atom. The minimum Gasteiger partial charge on any atom is -0.402 e. The van der Waals surface area contributed by atoms with Gasteiger partial charge in [0, 0.05) is 0 Å². The van der Waals surface area contributed by atoms with Crippen LogP contribution in [0.1, 0.15) is 40.2 Å². The Hall–Kier alpha value is -2.77. The van der Waals surface area contributed by atoms with Crippen molar-refractivity contribution in [2.24, 2.45) is 5.16 Å². The Kier molecular flexibility index (Phi) is 8.10. The maximum atomic E-state index is 7.10. The zero-order valence-electron chi connectivity index (χ0n) is 21.9. The van der Waals surface area contributed by atoms with Gasteiger partial charge in [-0.1, -0.05) is 117 Å². The van der Waals surface area contributed by atoms with Gasteiger partial charge in [0.2, 0.25) is 0 Å². The number of benzene rings is 3. The summed E-state index contributed by atoms with van der Waals surface area (Å²) in [7, 11) is -2.73. The highest BCUT2D eigenvalue weighted by atomic mass is 28.4. The predicted molar refractivity (Wildman–Crippen MR) is 147 cm³/mol. The van der Waals surface area contributed by atoms with Gasteiger partial charge in [0.25, 0.3) is 8.32 Å². The van der Waals surface area contributed by atoms with Crippen molar-refractivity contribution in [1.29, 1.82) is 0 Å². The van der Waals surface area contributed by atoms with Crippen LogP contribution in [0.15, 0.2) is 96.2 Å². The molecular weight excluding hydrogens is 466 g/mol. The second kappa shape index (κ2) is 11.1. The molecule has 3 aromatic rings. The van der Waals surface area contributed by atoms with Gasteiger partial charge >= 0.3 is 0 Å². The van der Waals surface area contributed by atoms with E-state index in [0.29, 0.717) is 18.9 Å². The molecule has 0 saturated carbocycles. The Bertz CT molecular complexity index is 1090. The first kappa shape index (κ1) is 26.3. The molecule has 0 unspecified atom stereocenters. The van der Waals surface area contributed by atoms with Crippen molar-refractivity contribution in [2.75, 3.05) is 13.2 Å². The molecule has 0 bridgehead atoms. The van der Waals surface area contributed by atoms with Gasteiger partial charge < -0.3 is 18.7 Å². The van der Waals surface area contributed by atoms with Crippen LogP contribution >= 0.6 is 0 Å². The molecule has 0 amide bonds.